The van der Waals surface area contributed by atoms with E-state index in [1.165, 1.54) is 0 Å². The van der Waals surface area contributed by atoms with Gasteiger partial charge in [-0.3, -0.25) is 4.79 Å². The van der Waals surface area contributed by atoms with Gasteiger partial charge in [0.05, 0.1) is 12.6 Å². The number of benzene rings is 2. The third-order valence-electron chi connectivity index (χ3n) is 3.46. The first-order valence-corrected chi connectivity index (χ1v) is 7.87. The van der Waals surface area contributed by atoms with Gasteiger partial charge in [-0.1, -0.05) is 30.3 Å². The summed E-state index contributed by atoms with van der Waals surface area (Å²) in [7, 11) is 0. The molecule has 4 heteroatoms. The third kappa shape index (κ3) is 5.42. The fraction of sp³-hybridized carbons (Fsp3) is 0.316. The lowest BCUT2D eigenvalue weighted by Crippen LogP contribution is -2.26. The maximum atomic E-state index is 12.3. The fourth-order valence-corrected chi connectivity index (χ4v) is 2.17. The maximum Gasteiger partial charge on any atom is 0.251 e. The standard InChI is InChI=1S/C19H23NO3/c1-3-22-13-14-23-18-11-9-17(10-12-18)19(21)20-15(2)16-7-5-4-6-8-16/h4-12,15H,3,13-14H2,1-2H3,(H,20,21)/t15-/m1/s1. The van der Waals surface area contributed by atoms with Crippen LogP contribution in [0.3, 0.4) is 0 Å². The predicted octanol–water partition coefficient (Wildman–Crippen LogP) is 3.59. The summed E-state index contributed by atoms with van der Waals surface area (Å²) >= 11 is 0. The van der Waals surface area contributed by atoms with E-state index in [0.717, 1.165) is 11.3 Å². The van der Waals surface area contributed by atoms with Crippen molar-refractivity contribution in [2.75, 3.05) is 19.8 Å². The van der Waals surface area contributed by atoms with Gasteiger partial charge in [-0.15, -0.1) is 0 Å². The summed E-state index contributed by atoms with van der Waals surface area (Å²) in [4.78, 5) is 12.3. The smallest absolute Gasteiger partial charge is 0.251 e. The van der Waals surface area contributed by atoms with E-state index in [9.17, 15) is 4.79 Å². The van der Waals surface area contributed by atoms with E-state index in [4.69, 9.17) is 9.47 Å². The van der Waals surface area contributed by atoms with Gasteiger partial charge in [-0.2, -0.15) is 0 Å². The van der Waals surface area contributed by atoms with Crippen LogP contribution in [0, 0.1) is 0 Å². The van der Waals surface area contributed by atoms with Gasteiger partial charge in [0.1, 0.15) is 12.4 Å². The number of nitrogens with one attached hydrogen (secondary N) is 1. The van der Waals surface area contributed by atoms with Crippen LogP contribution in [0.2, 0.25) is 0 Å². The molecule has 122 valence electrons. The number of amides is 1. The number of ether oxygens (including phenoxy) is 2. The molecule has 0 radical (unpaired) electrons. The molecule has 0 aliphatic rings. The van der Waals surface area contributed by atoms with Crippen LogP contribution in [0.4, 0.5) is 0 Å². The van der Waals surface area contributed by atoms with Crippen LogP contribution in [0.5, 0.6) is 5.75 Å². The molecule has 0 saturated carbocycles. The van der Waals surface area contributed by atoms with Crippen LogP contribution in [-0.2, 0) is 4.74 Å². The minimum atomic E-state index is -0.0952. The first kappa shape index (κ1) is 17.0. The molecule has 0 unspecified atom stereocenters. The molecule has 0 aliphatic heterocycles. The Labute approximate surface area is 137 Å². The molecule has 0 bridgehead atoms. The summed E-state index contributed by atoms with van der Waals surface area (Å²) in [5, 5.41) is 2.99. The van der Waals surface area contributed by atoms with Crippen molar-refractivity contribution in [3.05, 3.63) is 65.7 Å². The minimum absolute atomic E-state index is 0.0363. The van der Waals surface area contributed by atoms with Crippen LogP contribution < -0.4 is 10.1 Å². The first-order chi connectivity index (χ1) is 11.2. The van der Waals surface area contributed by atoms with Gasteiger partial charge in [0, 0.05) is 12.2 Å². The second-order valence-electron chi connectivity index (χ2n) is 5.18. The molecular formula is C19H23NO3. The molecule has 4 nitrogen and oxygen atoms in total. The molecule has 0 aromatic heterocycles. The Morgan fingerprint density at radius 1 is 1.04 bits per heavy atom. The quantitative estimate of drug-likeness (QED) is 0.758. The molecule has 23 heavy (non-hydrogen) atoms. The number of hydrogen-bond donors (Lipinski definition) is 1. The molecule has 2 aromatic carbocycles. The van der Waals surface area contributed by atoms with Gasteiger partial charge in [0.25, 0.3) is 5.91 Å². The summed E-state index contributed by atoms with van der Waals surface area (Å²) < 4.78 is 10.8. The van der Waals surface area contributed by atoms with Gasteiger partial charge in [0.15, 0.2) is 0 Å². The summed E-state index contributed by atoms with van der Waals surface area (Å²) in [5.41, 5.74) is 1.70. The molecule has 0 heterocycles. The summed E-state index contributed by atoms with van der Waals surface area (Å²) in [6.45, 7) is 5.67. The zero-order valence-corrected chi connectivity index (χ0v) is 13.6. The second-order valence-corrected chi connectivity index (χ2v) is 5.18. The summed E-state index contributed by atoms with van der Waals surface area (Å²) in [6, 6.07) is 17.0. The average molecular weight is 313 g/mol. The van der Waals surface area contributed by atoms with Crippen LogP contribution >= 0.6 is 0 Å². The normalized spacial score (nSPS) is 11.7. The number of carbonyl (C=O) groups excluding carboxylic acids is 1. The van der Waals surface area contributed by atoms with E-state index in [1.807, 2.05) is 44.2 Å². The SMILES string of the molecule is CCOCCOc1ccc(C(=O)N[C@H](C)c2ccccc2)cc1. The highest BCUT2D eigenvalue weighted by Crippen LogP contribution is 2.15. The van der Waals surface area contributed by atoms with E-state index in [0.29, 0.717) is 25.4 Å². The van der Waals surface area contributed by atoms with Gasteiger partial charge in [-0.25, -0.2) is 0 Å². The monoisotopic (exact) mass is 313 g/mol. The molecule has 2 rings (SSSR count). The average Bonchev–Trinajstić information content (AvgIpc) is 2.60. The lowest BCUT2D eigenvalue weighted by atomic mass is 10.1. The minimum Gasteiger partial charge on any atom is -0.491 e. The Morgan fingerprint density at radius 2 is 1.74 bits per heavy atom. The van der Waals surface area contributed by atoms with Crippen molar-refractivity contribution < 1.29 is 14.3 Å². The number of rotatable bonds is 8. The number of hydrogen-bond acceptors (Lipinski definition) is 3. The molecule has 1 atom stereocenters. The lowest BCUT2D eigenvalue weighted by molar-refractivity contribution is 0.0939. The Balaban J connectivity index is 1.87. The molecule has 0 saturated heterocycles. The van der Waals surface area contributed by atoms with Crippen molar-refractivity contribution in [2.24, 2.45) is 0 Å². The van der Waals surface area contributed by atoms with Crippen LogP contribution in [0.15, 0.2) is 54.6 Å². The number of carbonyl (C=O) groups is 1. The summed E-state index contributed by atoms with van der Waals surface area (Å²) in [6.07, 6.45) is 0. The van der Waals surface area contributed by atoms with Gasteiger partial charge in [0.2, 0.25) is 0 Å². The lowest BCUT2D eigenvalue weighted by Gasteiger charge is -2.14. The van der Waals surface area contributed by atoms with Gasteiger partial charge in [-0.05, 0) is 43.7 Å². The Morgan fingerprint density at radius 3 is 2.39 bits per heavy atom. The maximum absolute atomic E-state index is 12.3. The summed E-state index contributed by atoms with van der Waals surface area (Å²) in [5.74, 6) is 0.639. The Hall–Kier alpha value is -2.33. The van der Waals surface area contributed by atoms with Gasteiger partial charge >= 0.3 is 0 Å². The van der Waals surface area contributed by atoms with Crippen molar-refractivity contribution in [1.82, 2.24) is 5.32 Å². The van der Waals surface area contributed by atoms with E-state index in [-0.39, 0.29) is 11.9 Å². The largest absolute Gasteiger partial charge is 0.491 e. The zero-order chi connectivity index (χ0) is 16.5. The zero-order valence-electron chi connectivity index (χ0n) is 13.6. The molecule has 2 aromatic rings. The van der Waals surface area contributed by atoms with Gasteiger partial charge < -0.3 is 14.8 Å². The van der Waals surface area contributed by atoms with E-state index < -0.39 is 0 Å². The highest BCUT2D eigenvalue weighted by Gasteiger charge is 2.11. The van der Waals surface area contributed by atoms with Crippen LogP contribution in [-0.4, -0.2) is 25.7 Å². The molecule has 0 fully saturated rings. The second kappa shape index (κ2) is 8.96. The van der Waals surface area contributed by atoms with Crippen molar-refractivity contribution in [2.45, 2.75) is 19.9 Å². The van der Waals surface area contributed by atoms with E-state index in [2.05, 4.69) is 5.32 Å². The van der Waals surface area contributed by atoms with Crippen molar-refractivity contribution >= 4 is 5.91 Å². The highest BCUT2D eigenvalue weighted by molar-refractivity contribution is 5.94. The Bertz CT molecular complexity index is 596. The topological polar surface area (TPSA) is 47.6 Å². The van der Waals surface area contributed by atoms with E-state index >= 15 is 0 Å². The van der Waals surface area contributed by atoms with Crippen LogP contribution in [0.1, 0.15) is 35.8 Å². The van der Waals surface area contributed by atoms with Crippen molar-refractivity contribution in [1.29, 1.82) is 0 Å². The van der Waals surface area contributed by atoms with Crippen molar-refractivity contribution in [3.63, 3.8) is 0 Å². The molecule has 1 N–H and O–H groups in total. The molecule has 1 amide bonds. The van der Waals surface area contributed by atoms with Crippen molar-refractivity contribution in [3.8, 4) is 5.75 Å². The molecule has 0 spiro atoms. The Kier molecular flexibility index (Phi) is 6.63. The first-order valence-electron chi connectivity index (χ1n) is 7.87. The predicted molar refractivity (Wildman–Crippen MR) is 90.8 cm³/mol. The molecule has 0 aliphatic carbocycles. The van der Waals surface area contributed by atoms with Crippen LogP contribution in [0.25, 0.3) is 0 Å². The highest BCUT2D eigenvalue weighted by atomic mass is 16.5. The van der Waals surface area contributed by atoms with E-state index in [1.54, 1.807) is 24.3 Å². The fourth-order valence-electron chi connectivity index (χ4n) is 2.17. The third-order valence-corrected chi connectivity index (χ3v) is 3.46. The molecular weight excluding hydrogens is 290 g/mol.